The van der Waals surface area contributed by atoms with Gasteiger partial charge in [0.15, 0.2) is 9.84 Å². The minimum Gasteiger partial charge on any atom is -0.388 e. The summed E-state index contributed by atoms with van der Waals surface area (Å²) in [4.78, 5) is 12.4. The molecule has 1 rings (SSSR count). The van der Waals surface area contributed by atoms with E-state index < -0.39 is 21.3 Å². The fourth-order valence-corrected chi connectivity index (χ4v) is 3.45. The SMILES string of the molecule is CN(CCS(=O)(=O)CCC(N)=O)CC1(O)CCOCC1. The largest absolute Gasteiger partial charge is 0.388 e. The highest BCUT2D eigenvalue weighted by molar-refractivity contribution is 7.91. The zero-order chi connectivity index (χ0) is 15.2. The van der Waals surface area contributed by atoms with Gasteiger partial charge in [0.25, 0.3) is 0 Å². The number of carbonyl (C=O) groups excluding carboxylic acids is 1. The number of hydrogen-bond donors (Lipinski definition) is 2. The molecule has 118 valence electrons. The zero-order valence-electron chi connectivity index (χ0n) is 11.9. The summed E-state index contributed by atoms with van der Waals surface area (Å²) < 4.78 is 28.6. The molecule has 1 heterocycles. The van der Waals surface area contributed by atoms with Crippen LogP contribution in [0.25, 0.3) is 0 Å². The summed E-state index contributed by atoms with van der Waals surface area (Å²) in [5.41, 5.74) is 4.14. The fraction of sp³-hybridized carbons (Fsp3) is 0.917. The van der Waals surface area contributed by atoms with Crippen molar-refractivity contribution >= 4 is 15.7 Å². The molecular weight excluding hydrogens is 284 g/mol. The Bertz CT molecular complexity index is 418. The van der Waals surface area contributed by atoms with Gasteiger partial charge in [0.05, 0.1) is 17.1 Å². The van der Waals surface area contributed by atoms with Gasteiger partial charge in [-0.2, -0.15) is 0 Å². The van der Waals surface area contributed by atoms with Crippen molar-refractivity contribution in [3.63, 3.8) is 0 Å². The Morgan fingerprint density at radius 1 is 1.35 bits per heavy atom. The summed E-state index contributed by atoms with van der Waals surface area (Å²) in [5.74, 6) is -0.865. The Hall–Kier alpha value is -0.700. The van der Waals surface area contributed by atoms with E-state index in [1.807, 2.05) is 0 Å². The zero-order valence-corrected chi connectivity index (χ0v) is 12.7. The molecule has 8 heteroatoms. The number of hydrogen-bond acceptors (Lipinski definition) is 6. The van der Waals surface area contributed by atoms with Crippen molar-refractivity contribution in [1.82, 2.24) is 4.90 Å². The first kappa shape index (κ1) is 17.4. The van der Waals surface area contributed by atoms with Gasteiger partial charge in [0.1, 0.15) is 0 Å². The van der Waals surface area contributed by atoms with Gasteiger partial charge in [0, 0.05) is 45.6 Å². The maximum Gasteiger partial charge on any atom is 0.218 e. The molecule has 20 heavy (non-hydrogen) atoms. The van der Waals surface area contributed by atoms with Crippen LogP contribution >= 0.6 is 0 Å². The Balaban J connectivity index is 2.35. The Kier molecular flexibility index (Phi) is 6.38. The first-order chi connectivity index (χ1) is 9.22. The van der Waals surface area contributed by atoms with Crippen molar-refractivity contribution in [1.29, 1.82) is 0 Å². The first-order valence-corrected chi connectivity index (χ1v) is 8.52. The predicted octanol–water partition coefficient (Wildman–Crippen LogP) is -1.25. The number of nitrogens with two attached hydrogens (primary N) is 1. The average Bonchev–Trinajstić information content (AvgIpc) is 2.35. The number of aliphatic hydroxyl groups is 1. The molecule has 0 bridgehead atoms. The lowest BCUT2D eigenvalue weighted by Gasteiger charge is -2.35. The second kappa shape index (κ2) is 7.35. The Morgan fingerprint density at radius 3 is 2.50 bits per heavy atom. The standard InChI is InChI=1S/C12H24N2O5S/c1-14(10-12(16)3-6-19-7-4-12)5-9-20(17,18)8-2-11(13)15/h16H,2-10H2,1H3,(H2,13,15). The molecule has 0 aromatic rings. The number of amides is 1. The molecule has 1 aliphatic rings. The molecule has 0 radical (unpaired) electrons. The third-order valence-corrected chi connectivity index (χ3v) is 5.06. The molecule has 1 amide bonds. The van der Waals surface area contributed by atoms with E-state index in [0.717, 1.165) is 0 Å². The van der Waals surface area contributed by atoms with Gasteiger partial charge in [-0.05, 0) is 7.05 Å². The van der Waals surface area contributed by atoms with E-state index in [1.54, 1.807) is 11.9 Å². The first-order valence-electron chi connectivity index (χ1n) is 6.70. The maximum atomic E-state index is 11.7. The molecule has 0 unspecified atom stereocenters. The predicted molar refractivity (Wildman–Crippen MR) is 75.0 cm³/mol. The van der Waals surface area contributed by atoms with E-state index in [0.29, 0.717) is 39.1 Å². The van der Waals surface area contributed by atoms with E-state index in [-0.39, 0.29) is 17.9 Å². The second-order valence-corrected chi connectivity index (χ2v) is 7.75. The van der Waals surface area contributed by atoms with Crippen LogP contribution in [0, 0.1) is 0 Å². The lowest BCUT2D eigenvalue weighted by atomic mass is 9.94. The average molecular weight is 308 g/mol. The van der Waals surface area contributed by atoms with E-state index in [2.05, 4.69) is 0 Å². The van der Waals surface area contributed by atoms with Crippen molar-refractivity contribution in [2.75, 3.05) is 44.9 Å². The van der Waals surface area contributed by atoms with Crippen LogP contribution in [0.4, 0.5) is 0 Å². The summed E-state index contributed by atoms with van der Waals surface area (Å²) in [5, 5.41) is 10.3. The van der Waals surface area contributed by atoms with E-state index in [9.17, 15) is 18.3 Å². The van der Waals surface area contributed by atoms with Crippen molar-refractivity contribution < 1.29 is 23.1 Å². The van der Waals surface area contributed by atoms with E-state index >= 15 is 0 Å². The number of carbonyl (C=O) groups is 1. The smallest absolute Gasteiger partial charge is 0.218 e. The fourth-order valence-electron chi connectivity index (χ4n) is 2.14. The number of primary amides is 1. The highest BCUT2D eigenvalue weighted by atomic mass is 32.2. The van der Waals surface area contributed by atoms with Crippen LogP contribution in [0.5, 0.6) is 0 Å². The number of likely N-dealkylation sites (N-methyl/N-ethyl adjacent to an activating group) is 1. The van der Waals surface area contributed by atoms with Crippen LogP contribution in [0.2, 0.25) is 0 Å². The molecule has 1 aliphatic heterocycles. The highest BCUT2D eigenvalue weighted by Crippen LogP contribution is 2.21. The third-order valence-electron chi connectivity index (χ3n) is 3.43. The van der Waals surface area contributed by atoms with Gasteiger partial charge < -0.3 is 20.5 Å². The molecule has 0 aromatic carbocycles. The van der Waals surface area contributed by atoms with Gasteiger partial charge in [-0.1, -0.05) is 0 Å². The lowest BCUT2D eigenvalue weighted by molar-refractivity contribution is -0.117. The minimum atomic E-state index is -3.28. The summed E-state index contributed by atoms with van der Waals surface area (Å²) in [7, 11) is -1.51. The number of nitrogens with zero attached hydrogens (tertiary/aromatic N) is 1. The van der Waals surface area contributed by atoms with Crippen molar-refractivity contribution in [2.45, 2.75) is 24.9 Å². The summed E-state index contributed by atoms with van der Waals surface area (Å²) in [6.45, 7) is 1.80. The molecule has 3 N–H and O–H groups in total. The van der Waals surface area contributed by atoms with Crippen molar-refractivity contribution in [3.05, 3.63) is 0 Å². The quantitative estimate of drug-likeness (QED) is 0.580. The van der Waals surface area contributed by atoms with Crippen LogP contribution in [0.3, 0.4) is 0 Å². The van der Waals surface area contributed by atoms with Gasteiger partial charge in [0.2, 0.25) is 5.91 Å². The Labute approximate surface area is 120 Å². The molecule has 0 aliphatic carbocycles. The van der Waals surface area contributed by atoms with Gasteiger partial charge >= 0.3 is 0 Å². The monoisotopic (exact) mass is 308 g/mol. The maximum absolute atomic E-state index is 11.7. The summed E-state index contributed by atoms with van der Waals surface area (Å²) in [6, 6.07) is 0. The van der Waals surface area contributed by atoms with E-state index in [1.165, 1.54) is 0 Å². The topological polar surface area (TPSA) is 110 Å². The Morgan fingerprint density at radius 2 is 1.95 bits per heavy atom. The number of rotatable bonds is 8. The van der Waals surface area contributed by atoms with Gasteiger partial charge in [-0.25, -0.2) is 8.42 Å². The summed E-state index contributed by atoms with van der Waals surface area (Å²) >= 11 is 0. The molecule has 0 saturated carbocycles. The molecule has 1 saturated heterocycles. The highest BCUT2D eigenvalue weighted by Gasteiger charge is 2.31. The molecule has 0 spiro atoms. The molecule has 7 nitrogen and oxygen atoms in total. The van der Waals surface area contributed by atoms with Crippen molar-refractivity contribution in [3.8, 4) is 0 Å². The second-order valence-electron chi connectivity index (χ2n) is 5.44. The molecule has 0 aromatic heterocycles. The summed E-state index contributed by atoms with van der Waals surface area (Å²) in [6.07, 6.45) is 0.977. The van der Waals surface area contributed by atoms with Gasteiger partial charge in [-0.3, -0.25) is 4.79 Å². The number of sulfone groups is 1. The molecule has 0 atom stereocenters. The number of ether oxygens (including phenoxy) is 1. The van der Waals surface area contributed by atoms with Gasteiger partial charge in [-0.15, -0.1) is 0 Å². The minimum absolute atomic E-state index is 0.0383. The van der Waals surface area contributed by atoms with Crippen LogP contribution in [-0.2, 0) is 19.4 Å². The van der Waals surface area contributed by atoms with Crippen LogP contribution in [0.1, 0.15) is 19.3 Å². The molecule has 1 fully saturated rings. The van der Waals surface area contributed by atoms with Crippen molar-refractivity contribution in [2.24, 2.45) is 5.73 Å². The van der Waals surface area contributed by atoms with Crippen LogP contribution in [0.15, 0.2) is 0 Å². The third kappa shape index (κ3) is 6.65. The van der Waals surface area contributed by atoms with Crippen LogP contribution in [-0.4, -0.2) is 74.8 Å². The normalized spacial score (nSPS) is 19.1. The lowest BCUT2D eigenvalue weighted by Crippen LogP contribution is -2.46. The molecular formula is C12H24N2O5S. The van der Waals surface area contributed by atoms with Crippen LogP contribution < -0.4 is 5.73 Å². The van der Waals surface area contributed by atoms with E-state index in [4.69, 9.17) is 10.5 Å².